The normalized spacial score (nSPS) is 19.4. The fourth-order valence-corrected chi connectivity index (χ4v) is 2.18. The van der Waals surface area contributed by atoms with Crippen molar-refractivity contribution in [2.75, 3.05) is 0 Å². The Kier molecular flexibility index (Phi) is 3.26. The van der Waals surface area contributed by atoms with Gasteiger partial charge < -0.3 is 0 Å². The van der Waals surface area contributed by atoms with Crippen LogP contribution >= 0.6 is 11.8 Å². The van der Waals surface area contributed by atoms with Crippen molar-refractivity contribution >= 4 is 28.9 Å². The van der Waals surface area contributed by atoms with Crippen molar-refractivity contribution in [2.24, 2.45) is 4.99 Å². The summed E-state index contributed by atoms with van der Waals surface area (Å²) < 4.78 is 0. The van der Waals surface area contributed by atoms with Gasteiger partial charge in [0.25, 0.3) is 5.91 Å². The van der Waals surface area contributed by atoms with E-state index in [1.165, 1.54) is 11.8 Å². The first-order valence-electron chi connectivity index (χ1n) is 4.94. The molecule has 0 bridgehead atoms. The molecule has 17 heavy (non-hydrogen) atoms. The van der Waals surface area contributed by atoms with Crippen LogP contribution in [0, 0.1) is 18.4 Å². The first kappa shape index (κ1) is 11.4. The van der Waals surface area contributed by atoms with Crippen molar-refractivity contribution < 1.29 is 4.79 Å². The number of aliphatic imine (C=N–C) groups is 1. The van der Waals surface area contributed by atoms with E-state index in [4.69, 9.17) is 5.26 Å². The summed E-state index contributed by atoms with van der Waals surface area (Å²) in [6.45, 7) is 1.98. The lowest BCUT2D eigenvalue weighted by atomic mass is 10.1. The number of carbonyl (C=O) groups is 1. The average molecular weight is 243 g/mol. The van der Waals surface area contributed by atoms with Crippen molar-refractivity contribution in [3.8, 4) is 6.19 Å². The number of benzene rings is 1. The van der Waals surface area contributed by atoms with Gasteiger partial charge in [0.1, 0.15) is 0 Å². The topological polar surface area (TPSA) is 65.2 Å². The minimum atomic E-state index is -0.216. The van der Waals surface area contributed by atoms with Gasteiger partial charge >= 0.3 is 0 Å². The maximum absolute atomic E-state index is 11.6. The summed E-state index contributed by atoms with van der Waals surface area (Å²) in [6, 6.07) is 7.78. The molecule has 1 heterocycles. The van der Waals surface area contributed by atoms with Gasteiger partial charge in [-0.3, -0.25) is 10.1 Å². The van der Waals surface area contributed by atoms with Crippen LogP contribution in [0.3, 0.4) is 0 Å². The Balaban J connectivity index is 2.31. The number of rotatable bonds is 1. The van der Waals surface area contributed by atoms with Gasteiger partial charge in [0.05, 0.1) is 4.91 Å². The Morgan fingerprint density at radius 1 is 1.47 bits per heavy atom. The molecule has 0 aliphatic carbocycles. The molecule has 0 atom stereocenters. The highest BCUT2D eigenvalue weighted by molar-refractivity contribution is 8.18. The standard InChI is InChI=1S/C12H9N3OS/c1-8-4-2-3-5-9(8)6-10-11(16)15-12(17-10)14-7-13/h2-6H,1H3,(H,14,15,16). The van der Waals surface area contributed by atoms with Gasteiger partial charge in [-0.15, -0.1) is 4.99 Å². The fourth-order valence-electron chi connectivity index (χ4n) is 1.42. The van der Waals surface area contributed by atoms with Crippen molar-refractivity contribution in [2.45, 2.75) is 6.92 Å². The van der Waals surface area contributed by atoms with Crippen LogP contribution in [0.2, 0.25) is 0 Å². The molecule has 0 spiro atoms. The second-order valence-electron chi connectivity index (χ2n) is 3.44. The van der Waals surface area contributed by atoms with E-state index in [2.05, 4.69) is 10.3 Å². The van der Waals surface area contributed by atoms with E-state index in [1.807, 2.05) is 31.2 Å². The van der Waals surface area contributed by atoms with Crippen LogP contribution in [-0.4, -0.2) is 11.1 Å². The lowest BCUT2D eigenvalue weighted by Crippen LogP contribution is -2.19. The van der Waals surface area contributed by atoms with Gasteiger partial charge in [-0.1, -0.05) is 24.3 Å². The molecule has 1 amide bonds. The van der Waals surface area contributed by atoms with Crippen molar-refractivity contribution in [3.63, 3.8) is 0 Å². The molecule has 1 aliphatic rings. The number of nitrogens with zero attached hydrogens (tertiary/aromatic N) is 2. The van der Waals surface area contributed by atoms with Crippen LogP contribution < -0.4 is 5.32 Å². The molecule has 0 saturated carbocycles. The Hall–Kier alpha value is -2.06. The molecular formula is C12H9N3OS. The van der Waals surface area contributed by atoms with E-state index >= 15 is 0 Å². The summed E-state index contributed by atoms with van der Waals surface area (Å²) in [7, 11) is 0. The van der Waals surface area contributed by atoms with Gasteiger partial charge in [0.15, 0.2) is 5.17 Å². The van der Waals surface area contributed by atoms with Crippen LogP contribution in [0.4, 0.5) is 0 Å². The van der Waals surface area contributed by atoms with Gasteiger partial charge in [0.2, 0.25) is 6.19 Å². The van der Waals surface area contributed by atoms with E-state index < -0.39 is 0 Å². The van der Waals surface area contributed by atoms with Crippen molar-refractivity contribution in [3.05, 3.63) is 40.3 Å². The Morgan fingerprint density at radius 2 is 2.24 bits per heavy atom. The molecule has 4 nitrogen and oxygen atoms in total. The number of nitrogens with one attached hydrogen (secondary N) is 1. The third-order valence-electron chi connectivity index (χ3n) is 2.28. The summed E-state index contributed by atoms with van der Waals surface area (Å²) >= 11 is 1.17. The molecule has 1 aliphatic heterocycles. The molecule has 2 rings (SSSR count). The third kappa shape index (κ3) is 2.55. The number of nitriles is 1. The van der Waals surface area contributed by atoms with Crippen LogP contribution in [-0.2, 0) is 4.79 Å². The number of hydrogen-bond donors (Lipinski definition) is 1. The molecule has 1 saturated heterocycles. The summed E-state index contributed by atoms with van der Waals surface area (Å²) in [4.78, 5) is 15.6. The molecule has 1 aromatic carbocycles. The van der Waals surface area contributed by atoms with Crippen LogP contribution in [0.25, 0.3) is 6.08 Å². The molecular weight excluding hydrogens is 234 g/mol. The van der Waals surface area contributed by atoms with Crippen LogP contribution in [0.1, 0.15) is 11.1 Å². The number of amides is 1. The predicted molar refractivity (Wildman–Crippen MR) is 67.9 cm³/mol. The Bertz CT molecular complexity index is 569. The quantitative estimate of drug-likeness (QED) is 0.606. The van der Waals surface area contributed by atoms with Gasteiger partial charge in [-0.25, -0.2) is 0 Å². The first-order valence-corrected chi connectivity index (χ1v) is 5.75. The number of aryl methyl sites for hydroxylation is 1. The summed E-state index contributed by atoms with van der Waals surface area (Å²) in [6.07, 6.45) is 3.45. The number of hydrogen-bond acceptors (Lipinski definition) is 4. The smallest absolute Gasteiger partial charge is 0.264 e. The summed E-state index contributed by atoms with van der Waals surface area (Å²) in [5, 5.41) is 11.3. The lowest BCUT2D eigenvalue weighted by molar-refractivity contribution is -0.115. The minimum Gasteiger partial charge on any atom is -0.300 e. The summed E-state index contributed by atoms with van der Waals surface area (Å²) in [5.74, 6) is -0.216. The number of thioether (sulfide) groups is 1. The van der Waals surface area contributed by atoms with Gasteiger partial charge in [0, 0.05) is 0 Å². The van der Waals surface area contributed by atoms with Gasteiger partial charge in [-0.05, 0) is 35.9 Å². The number of carbonyl (C=O) groups excluding carboxylic acids is 1. The van der Waals surface area contributed by atoms with E-state index in [-0.39, 0.29) is 5.91 Å². The second kappa shape index (κ2) is 4.85. The molecule has 5 heteroatoms. The molecule has 1 fully saturated rings. The lowest BCUT2D eigenvalue weighted by Gasteiger charge is -1.99. The molecule has 1 N–H and O–H groups in total. The van der Waals surface area contributed by atoms with Crippen LogP contribution in [0.15, 0.2) is 34.2 Å². The van der Waals surface area contributed by atoms with Crippen molar-refractivity contribution in [1.82, 2.24) is 5.32 Å². The highest BCUT2D eigenvalue weighted by Gasteiger charge is 2.23. The fraction of sp³-hybridized carbons (Fsp3) is 0.0833. The molecule has 0 aromatic heterocycles. The second-order valence-corrected chi connectivity index (χ2v) is 4.47. The first-order chi connectivity index (χ1) is 8.20. The molecule has 84 valence electrons. The minimum absolute atomic E-state index is 0.216. The van der Waals surface area contributed by atoms with E-state index in [9.17, 15) is 4.79 Å². The van der Waals surface area contributed by atoms with Crippen LogP contribution in [0.5, 0.6) is 0 Å². The molecule has 0 radical (unpaired) electrons. The van der Waals surface area contributed by atoms with Gasteiger partial charge in [-0.2, -0.15) is 5.26 Å². The zero-order valence-electron chi connectivity index (χ0n) is 9.10. The molecule has 1 aromatic rings. The number of amidine groups is 1. The zero-order chi connectivity index (χ0) is 12.3. The third-order valence-corrected chi connectivity index (χ3v) is 3.19. The van der Waals surface area contributed by atoms with E-state index in [0.29, 0.717) is 10.1 Å². The predicted octanol–water partition coefficient (Wildman–Crippen LogP) is 2.04. The summed E-state index contributed by atoms with van der Waals surface area (Å²) in [5.41, 5.74) is 2.09. The maximum atomic E-state index is 11.6. The SMILES string of the molecule is Cc1ccccc1C=C1SC(=NC#N)NC1=O. The maximum Gasteiger partial charge on any atom is 0.264 e. The Morgan fingerprint density at radius 3 is 2.94 bits per heavy atom. The molecule has 0 unspecified atom stereocenters. The monoisotopic (exact) mass is 243 g/mol. The van der Waals surface area contributed by atoms with Crippen molar-refractivity contribution in [1.29, 1.82) is 5.26 Å². The highest BCUT2D eigenvalue weighted by Crippen LogP contribution is 2.26. The zero-order valence-corrected chi connectivity index (χ0v) is 9.91. The Labute approximate surface area is 103 Å². The highest BCUT2D eigenvalue weighted by atomic mass is 32.2. The largest absolute Gasteiger partial charge is 0.300 e. The average Bonchev–Trinajstić information content (AvgIpc) is 2.63. The van der Waals surface area contributed by atoms with E-state index in [0.717, 1.165) is 11.1 Å². The van der Waals surface area contributed by atoms with E-state index in [1.54, 1.807) is 12.3 Å².